The number of hydrogen-bond donors (Lipinski definition) is 2. The molecule has 0 fully saturated rings. The van der Waals surface area contributed by atoms with Crippen LogP contribution >= 0.6 is 11.6 Å². The number of aromatic nitrogens is 2. The average molecular weight is 340 g/mol. The van der Waals surface area contributed by atoms with E-state index in [2.05, 4.69) is 10.4 Å². The molecule has 1 aliphatic heterocycles. The Bertz CT molecular complexity index is 918. The maximum atomic E-state index is 12.2. The van der Waals surface area contributed by atoms with Crippen molar-refractivity contribution in [2.45, 2.75) is 12.3 Å². The molecule has 0 spiro atoms. The summed E-state index contributed by atoms with van der Waals surface area (Å²) in [6.45, 7) is 0. The van der Waals surface area contributed by atoms with Crippen molar-refractivity contribution in [2.24, 2.45) is 0 Å². The van der Waals surface area contributed by atoms with E-state index in [1.165, 1.54) is 0 Å². The lowest BCUT2D eigenvalue weighted by atomic mass is 9.87. The molecule has 1 amide bonds. The number of carbonyl (C=O) groups is 1. The molecule has 1 atom stereocenters. The van der Waals surface area contributed by atoms with Gasteiger partial charge in [-0.05, 0) is 35.9 Å². The Morgan fingerprint density at radius 1 is 1.21 bits per heavy atom. The van der Waals surface area contributed by atoms with Crippen LogP contribution in [0, 0.1) is 0 Å². The lowest BCUT2D eigenvalue weighted by molar-refractivity contribution is -0.116. The van der Waals surface area contributed by atoms with Crippen LogP contribution in [0.3, 0.4) is 0 Å². The summed E-state index contributed by atoms with van der Waals surface area (Å²) in [5, 5.41) is 17.4. The van der Waals surface area contributed by atoms with Crippen molar-refractivity contribution in [2.75, 3.05) is 5.32 Å². The Hall–Kier alpha value is -2.79. The normalized spacial score (nSPS) is 16.5. The fourth-order valence-electron chi connectivity index (χ4n) is 3.03. The molecular weight excluding hydrogens is 326 g/mol. The second-order valence-corrected chi connectivity index (χ2v) is 6.17. The molecule has 0 saturated heterocycles. The molecule has 2 N–H and O–H groups in total. The minimum Gasteiger partial charge on any atom is -0.508 e. The molecule has 6 heteroatoms. The Morgan fingerprint density at radius 3 is 2.75 bits per heavy atom. The van der Waals surface area contributed by atoms with Crippen molar-refractivity contribution in [1.29, 1.82) is 0 Å². The van der Waals surface area contributed by atoms with Gasteiger partial charge in [0.15, 0.2) is 0 Å². The number of carbonyl (C=O) groups excluding carboxylic acids is 1. The third kappa shape index (κ3) is 2.53. The van der Waals surface area contributed by atoms with E-state index >= 15 is 0 Å². The van der Waals surface area contributed by atoms with Crippen LogP contribution in [-0.4, -0.2) is 20.8 Å². The smallest absolute Gasteiger partial charge is 0.226 e. The largest absolute Gasteiger partial charge is 0.508 e. The summed E-state index contributed by atoms with van der Waals surface area (Å²) in [5.74, 6) is 0.701. The number of hydrogen-bond acceptors (Lipinski definition) is 3. The molecular formula is C18H14ClN3O2. The van der Waals surface area contributed by atoms with E-state index in [0.717, 1.165) is 16.8 Å². The third-order valence-corrected chi connectivity index (χ3v) is 4.40. The zero-order valence-electron chi connectivity index (χ0n) is 12.6. The second-order valence-electron chi connectivity index (χ2n) is 5.74. The number of rotatable bonds is 2. The molecule has 2 aromatic carbocycles. The minimum atomic E-state index is -0.0951. The van der Waals surface area contributed by atoms with Gasteiger partial charge in [0.1, 0.15) is 11.6 Å². The molecule has 0 aliphatic carbocycles. The molecule has 3 aromatic rings. The van der Waals surface area contributed by atoms with Gasteiger partial charge in [0.25, 0.3) is 0 Å². The summed E-state index contributed by atoms with van der Waals surface area (Å²) >= 11 is 6.06. The van der Waals surface area contributed by atoms with E-state index in [-0.39, 0.29) is 17.6 Å². The highest BCUT2D eigenvalue weighted by molar-refractivity contribution is 6.30. The van der Waals surface area contributed by atoms with Crippen molar-refractivity contribution in [3.63, 3.8) is 0 Å². The molecule has 4 rings (SSSR count). The van der Waals surface area contributed by atoms with E-state index in [9.17, 15) is 9.90 Å². The van der Waals surface area contributed by atoms with Crippen molar-refractivity contribution in [1.82, 2.24) is 9.78 Å². The second kappa shape index (κ2) is 5.69. The third-order valence-electron chi connectivity index (χ3n) is 4.17. The van der Waals surface area contributed by atoms with Crippen molar-refractivity contribution in [3.8, 4) is 11.4 Å². The van der Waals surface area contributed by atoms with Gasteiger partial charge in [-0.2, -0.15) is 5.10 Å². The molecule has 5 nitrogen and oxygen atoms in total. The first kappa shape index (κ1) is 14.8. The number of phenols is 1. The lowest BCUT2D eigenvalue weighted by Gasteiger charge is -2.23. The van der Waals surface area contributed by atoms with E-state index in [1.807, 2.05) is 24.3 Å². The highest BCUT2D eigenvalue weighted by Crippen LogP contribution is 2.38. The zero-order valence-corrected chi connectivity index (χ0v) is 13.4. The SMILES string of the molecule is O=C1C[C@H](c2ccc(O)cc2)c2cnn(-c3cccc(Cl)c3)c2N1. The molecule has 2 heterocycles. The van der Waals surface area contributed by atoms with Gasteiger partial charge >= 0.3 is 0 Å². The standard InChI is InChI=1S/C18H14ClN3O2/c19-12-2-1-3-13(8-12)22-18-16(10-20-22)15(9-17(24)21-18)11-4-6-14(23)7-5-11/h1-8,10,15,23H,9H2,(H,21,24)/t15-/m1/s1. The fraction of sp³-hybridized carbons (Fsp3) is 0.111. The number of nitrogens with one attached hydrogen (secondary N) is 1. The predicted molar refractivity (Wildman–Crippen MR) is 91.8 cm³/mol. The van der Waals surface area contributed by atoms with Crippen LogP contribution in [0.2, 0.25) is 5.02 Å². The van der Waals surface area contributed by atoms with Crippen LogP contribution in [0.15, 0.2) is 54.7 Å². The maximum absolute atomic E-state index is 12.2. The van der Waals surface area contributed by atoms with E-state index in [0.29, 0.717) is 17.3 Å². The molecule has 1 aliphatic rings. The van der Waals surface area contributed by atoms with Crippen molar-refractivity contribution >= 4 is 23.3 Å². The number of amides is 1. The molecule has 0 saturated carbocycles. The van der Waals surface area contributed by atoms with Crippen LogP contribution in [0.1, 0.15) is 23.5 Å². The van der Waals surface area contributed by atoms with Gasteiger partial charge < -0.3 is 10.4 Å². The van der Waals surface area contributed by atoms with E-state index in [1.54, 1.807) is 35.1 Å². The average Bonchev–Trinajstić information content (AvgIpc) is 2.98. The summed E-state index contributed by atoms with van der Waals surface area (Å²) < 4.78 is 1.69. The number of nitrogens with zero attached hydrogens (tertiary/aromatic N) is 2. The van der Waals surface area contributed by atoms with Gasteiger partial charge in [0.2, 0.25) is 5.91 Å². The quantitative estimate of drug-likeness (QED) is 0.748. The molecule has 0 bridgehead atoms. The van der Waals surface area contributed by atoms with Crippen molar-refractivity contribution < 1.29 is 9.90 Å². The van der Waals surface area contributed by atoms with E-state index < -0.39 is 0 Å². The summed E-state index contributed by atoms with van der Waals surface area (Å²) in [4.78, 5) is 12.2. The topological polar surface area (TPSA) is 67.1 Å². The molecule has 0 unspecified atom stereocenters. The maximum Gasteiger partial charge on any atom is 0.226 e. The van der Waals surface area contributed by atoms with Gasteiger partial charge in [-0.15, -0.1) is 0 Å². The first-order chi connectivity index (χ1) is 11.6. The van der Waals surface area contributed by atoms with Crippen LogP contribution in [-0.2, 0) is 4.79 Å². The number of phenolic OH excluding ortho intramolecular Hbond substituents is 1. The Kier molecular flexibility index (Phi) is 3.50. The lowest BCUT2D eigenvalue weighted by Crippen LogP contribution is -2.24. The van der Waals surface area contributed by atoms with Crippen LogP contribution in [0.25, 0.3) is 5.69 Å². The number of benzene rings is 2. The highest BCUT2D eigenvalue weighted by atomic mass is 35.5. The summed E-state index contributed by atoms with van der Waals surface area (Å²) in [6.07, 6.45) is 2.12. The number of halogens is 1. The Morgan fingerprint density at radius 2 is 2.00 bits per heavy atom. The summed E-state index contributed by atoms with van der Waals surface area (Å²) in [6, 6.07) is 14.2. The zero-order chi connectivity index (χ0) is 16.7. The number of aromatic hydroxyl groups is 1. The van der Waals surface area contributed by atoms with Gasteiger partial charge in [0.05, 0.1) is 11.9 Å². The monoisotopic (exact) mass is 339 g/mol. The highest BCUT2D eigenvalue weighted by Gasteiger charge is 2.30. The van der Waals surface area contributed by atoms with Crippen LogP contribution in [0.5, 0.6) is 5.75 Å². The van der Waals surface area contributed by atoms with Gasteiger partial charge in [-0.25, -0.2) is 4.68 Å². The Balaban J connectivity index is 1.81. The van der Waals surface area contributed by atoms with Crippen LogP contribution < -0.4 is 5.32 Å². The van der Waals surface area contributed by atoms with Crippen LogP contribution in [0.4, 0.5) is 5.82 Å². The molecule has 0 radical (unpaired) electrons. The number of anilines is 1. The first-order valence-electron chi connectivity index (χ1n) is 7.54. The molecule has 24 heavy (non-hydrogen) atoms. The fourth-order valence-corrected chi connectivity index (χ4v) is 3.21. The summed E-state index contributed by atoms with van der Waals surface area (Å²) in [7, 11) is 0. The minimum absolute atomic E-state index is 0.0654. The predicted octanol–water partition coefficient (Wildman–Crippen LogP) is 3.71. The molecule has 120 valence electrons. The number of fused-ring (bicyclic) bond motifs is 1. The Labute approximate surface area is 143 Å². The molecule has 1 aromatic heterocycles. The van der Waals surface area contributed by atoms with E-state index in [4.69, 9.17) is 11.6 Å². The first-order valence-corrected chi connectivity index (χ1v) is 7.92. The van der Waals surface area contributed by atoms with Gasteiger partial charge in [-0.3, -0.25) is 4.79 Å². The van der Waals surface area contributed by atoms with Gasteiger partial charge in [-0.1, -0.05) is 29.8 Å². The summed E-state index contributed by atoms with van der Waals surface area (Å²) in [5.41, 5.74) is 2.70. The van der Waals surface area contributed by atoms with Crippen molar-refractivity contribution in [3.05, 3.63) is 70.9 Å². The van der Waals surface area contributed by atoms with Gasteiger partial charge in [0, 0.05) is 22.9 Å².